The maximum Gasteiger partial charge on any atom is 0.235 e. The van der Waals surface area contributed by atoms with Crippen LogP contribution in [0, 0.1) is 25.2 Å². The van der Waals surface area contributed by atoms with Gasteiger partial charge in [-0.1, -0.05) is 36.7 Å². The Morgan fingerprint density at radius 1 is 1.31 bits per heavy atom. The maximum atomic E-state index is 12.8. The fraction of sp³-hybridized carbons (Fsp3) is 0.409. The van der Waals surface area contributed by atoms with Gasteiger partial charge in [0.2, 0.25) is 5.91 Å². The first-order valence-electron chi connectivity index (χ1n) is 9.96. The van der Waals surface area contributed by atoms with Crippen molar-refractivity contribution in [3.05, 3.63) is 41.1 Å². The van der Waals surface area contributed by atoms with Gasteiger partial charge in [0.1, 0.15) is 11.9 Å². The molecule has 1 aliphatic rings. The van der Waals surface area contributed by atoms with Crippen molar-refractivity contribution in [1.29, 1.82) is 5.26 Å². The zero-order valence-corrected chi connectivity index (χ0v) is 17.8. The van der Waals surface area contributed by atoms with Gasteiger partial charge in [0.05, 0.1) is 22.3 Å². The number of amides is 1. The molecule has 0 radical (unpaired) electrons. The molecule has 0 aliphatic heterocycles. The predicted octanol–water partition coefficient (Wildman–Crippen LogP) is 4.71. The van der Waals surface area contributed by atoms with E-state index in [0.717, 1.165) is 40.3 Å². The quantitative estimate of drug-likeness (QED) is 0.622. The molecule has 7 heteroatoms. The highest BCUT2D eigenvalue weighted by molar-refractivity contribution is 7.99. The van der Waals surface area contributed by atoms with Gasteiger partial charge in [0.15, 0.2) is 5.16 Å². The fourth-order valence-electron chi connectivity index (χ4n) is 4.26. The van der Waals surface area contributed by atoms with E-state index in [1.807, 2.05) is 49.7 Å². The minimum atomic E-state index is -0.115. The molecule has 0 atom stereocenters. The van der Waals surface area contributed by atoms with Crippen molar-refractivity contribution in [1.82, 2.24) is 14.1 Å². The van der Waals surface area contributed by atoms with E-state index in [-0.39, 0.29) is 11.7 Å². The molecule has 1 aromatic carbocycles. The number of thioether (sulfide) groups is 1. The van der Waals surface area contributed by atoms with Crippen LogP contribution >= 0.6 is 11.8 Å². The third-order valence-electron chi connectivity index (χ3n) is 5.89. The lowest BCUT2D eigenvalue weighted by Crippen LogP contribution is -2.20. The smallest absolute Gasteiger partial charge is 0.235 e. The number of anilines is 1. The van der Waals surface area contributed by atoms with Crippen LogP contribution in [0.1, 0.15) is 48.5 Å². The van der Waals surface area contributed by atoms with E-state index in [1.165, 1.54) is 24.6 Å². The average molecular weight is 408 g/mol. The highest BCUT2D eigenvalue weighted by Crippen LogP contribution is 2.37. The number of hydrogen-bond donors (Lipinski definition) is 1. The lowest BCUT2D eigenvalue weighted by atomic mass is 10.2. The number of rotatable bonds is 5. The second kappa shape index (κ2) is 7.96. The molecular formula is C22H25N5OS. The van der Waals surface area contributed by atoms with Crippen molar-refractivity contribution in [2.24, 2.45) is 7.05 Å². The molecule has 1 amide bonds. The van der Waals surface area contributed by atoms with E-state index in [2.05, 4.69) is 20.9 Å². The van der Waals surface area contributed by atoms with Gasteiger partial charge < -0.3 is 14.5 Å². The molecule has 4 rings (SSSR count). The summed E-state index contributed by atoms with van der Waals surface area (Å²) in [7, 11) is 1.96. The number of fused-ring (bicyclic) bond motifs is 1. The number of nitrogens with zero attached hydrogens (tertiary/aromatic N) is 4. The minimum Gasteiger partial charge on any atom is -0.327 e. The van der Waals surface area contributed by atoms with Crippen LogP contribution < -0.4 is 5.32 Å². The van der Waals surface area contributed by atoms with Gasteiger partial charge >= 0.3 is 0 Å². The summed E-state index contributed by atoms with van der Waals surface area (Å²) >= 11 is 1.41. The molecule has 29 heavy (non-hydrogen) atoms. The molecule has 150 valence electrons. The number of aromatic nitrogens is 3. The van der Waals surface area contributed by atoms with Crippen molar-refractivity contribution >= 4 is 34.5 Å². The molecule has 0 unspecified atom stereocenters. The molecule has 1 N–H and O–H groups in total. The number of nitrogens with one attached hydrogen (secondary N) is 1. The Bertz CT molecular complexity index is 1110. The molecule has 2 heterocycles. The van der Waals surface area contributed by atoms with E-state index >= 15 is 0 Å². The normalized spacial score (nSPS) is 14.4. The zero-order valence-electron chi connectivity index (χ0n) is 17.0. The Labute approximate surface area is 174 Å². The second-order valence-electron chi connectivity index (χ2n) is 7.63. The highest BCUT2D eigenvalue weighted by atomic mass is 32.2. The van der Waals surface area contributed by atoms with Gasteiger partial charge in [-0.15, -0.1) is 0 Å². The van der Waals surface area contributed by atoms with Crippen LogP contribution in [0.4, 0.5) is 5.82 Å². The van der Waals surface area contributed by atoms with Gasteiger partial charge in [0.25, 0.3) is 0 Å². The third kappa shape index (κ3) is 3.53. The van der Waals surface area contributed by atoms with Gasteiger partial charge in [-0.2, -0.15) is 5.26 Å². The number of benzene rings is 1. The molecular weight excluding hydrogens is 382 g/mol. The number of carbonyl (C=O) groups is 1. The van der Waals surface area contributed by atoms with E-state index < -0.39 is 0 Å². The molecule has 2 aromatic heterocycles. The summed E-state index contributed by atoms with van der Waals surface area (Å²) < 4.78 is 4.18. The summed E-state index contributed by atoms with van der Waals surface area (Å²) in [6.07, 6.45) is 4.58. The number of hydrogen-bond acceptors (Lipinski definition) is 4. The van der Waals surface area contributed by atoms with Crippen molar-refractivity contribution in [2.45, 2.75) is 50.7 Å². The van der Waals surface area contributed by atoms with E-state index in [1.54, 1.807) is 0 Å². The van der Waals surface area contributed by atoms with Gasteiger partial charge in [0, 0.05) is 18.8 Å². The van der Waals surface area contributed by atoms with Crippen molar-refractivity contribution < 1.29 is 4.79 Å². The lowest BCUT2D eigenvalue weighted by Gasteiger charge is -2.19. The van der Waals surface area contributed by atoms with Crippen LogP contribution in [-0.4, -0.2) is 25.8 Å². The summed E-state index contributed by atoms with van der Waals surface area (Å²) in [4.78, 5) is 17.4. The first-order valence-corrected chi connectivity index (χ1v) is 11.0. The van der Waals surface area contributed by atoms with Gasteiger partial charge in [-0.25, -0.2) is 4.98 Å². The molecule has 0 bridgehead atoms. The monoisotopic (exact) mass is 407 g/mol. The summed E-state index contributed by atoms with van der Waals surface area (Å²) in [6, 6.07) is 10.6. The van der Waals surface area contributed by atoms with Crippen LogP contribution in [0.15, 0.2) is 29.4 Å². The zero-order chi connectivity index (χ0) is 20.5. The standard InChI is InChI=1S/C22H25N5OS/c1-14-15(2)27(16-8-4-5-9-16)21(17(14)12-23)25-20(28)13-29-22-24-18-10-6-7-11-19(18)26(22)3/h6-7,10-11,16H,4-5,8-9,13H2,1-3H3,(H,25,28). The van der Waals surface area contributed by atoms with Gasteiger partial charge in [-0.3, -0.25) is 4.79 Å². The Hall–Kier alpha value is -2.72. The van der Waals surface area contributed by atoms with Crippen LogP contribution in [0.2, 0.25) is 0 Å². The summed E-state index contributed by atoms with van der Waals surface area (Å²) in [5, 5.41) is 13.5. The van der Waals surface area contributed by atoms with Crippen LogP contribution in [0.3, 0.4) is 0 Å². The third-order valence-corrected chi connectivity index (χ3v) is 6.92. The Morgan fingerprint density at radius 2 is 2.03 bits per heavy atom. The van der Waals surface area contributed by atoms with Gasteiger partial charge in [-0.05, 0) is 44.4 Å². The Morgan fingerprint density at radius 3 is 2.72 bits per heavy atom. The first-order chi connectivity index (χ1) is 14.0. The topological polar surface area (TPSA) is 75.6 Å². The van der Waals surface area contributed by atoms with Crippen LogP contribution in [-0.2, 0) is 11.8 Å². The molecule has 0 spiro atoms. The van der Waals surface area contributed by atoms with Crippen molar-refractivity contribution in [2.75, 3.05) is 11.1 Å². The first kappa shape index (κ1) is 19.6. The largest absolute Gasteiger partial charge is 0.327 e. The Balaban J connectivity index is 1.54. The molecule has 3 aromatic rings. The van der Waals surface area contributed by atoms with Crippen molar-refractivity contribution in [3.63, 3.8) is 0 Å². The van der Waals surface area contributed by atoms with E-state index in [0.29, 0.717) is 17.4 Å². The number of imidazole rings is 1. The Kier molecular flexibility index (Phi) is 5.37. The molecule has 1 saturated carbocycles. The van der Waals surface area contributed by atoms with Crippen LogP contribution in [0.25, 0.3) is 11.0 Å². The summed E-state index contributed by atoms with van der Waals surface area (Å²) in [5.74, 6) is 0.788. The van der Waals surface area contributed by atoms with E-state index in [9.17, 15) is 10.1 Å². The lowest BCUT2D eigenvalue weighted by molar-refractivity contribution is -0.113. The fourth-order valence-corrected chi connectivity index (χ4v) is 5.04. The predicted molar refractivity (Wildman–Crippen MR) is 116 cm³/mol. The molecule has 1 aliphatic carbocycles. The minimum absolute atomic E-state index is 0.115. The number of nitriles is 1. The van der Waals surface area contributed by atoms with Crippen molar-refractivity contribution in [3.8, 4) is 6.07 Å². The van der Waals surface area contributed by atoms with Crippen LogP contribution in [0.5, 0.6) is 0 Å². The number of para-hydroxylation sites is 2. The second-order valence-corrected chi connectivity index (χ2v) is 8.58. The number of aryl methyl sites for hydroxylation is 1. The summed E-state index contributed by atoms with van der Waals surface area (Å²) in [5.41, 5.74) is 4.58. The SMILES string of the molecule is Cc1c(C#N)c(NC(=O)CSc2nc3ccccc3n2C)n(C2CCCC2)c1C. The molecule has 0 saturated heterocycles. The highest BCUT2D eigenvalue weighted by Gasteiger charge is 2.26. The molecule has 6 nitrogen and oxygen atoms in total. The average Bonchev–Trinajstić information content (AvgIpc) is 3.40. The maximum absolute atomic E-state index is 12.8. The molecule has 1 fully saturated rings. The summed E-state index contributed by atoms with van der Waals surface area (Å²) in [6.45, 7) is 4.00. The van der Waals surface area contributed by atoms with E-state index in [4.69, 9.17) is 0 Å². The number of carbonyl (C=O) groups excluding carboxylic acids is 1.